The standard InChI is InChI=1S/C24H25FN4O3/c25-20-9-7-18(8-10-20)17-28-11-4-12-29(14-13-28)23(30)16-26-24(31)21-15-22(32-27-21)19-5-2-1-3-6-19/h1-3,5-10,15H,4,11-14,16-17H2,(H,26,31). The fraction of sp³-hybridized carbons (Fsp3) is 0.292. The molecule has 1 N–H and O–H groups in total. The topological polar surface area (TPSA) is 78.7 Å². The van der Waals surface area contributed by atoms with Crippen LogP contribution in [-0.4, -0.2) is 59.5 Å². The minimum absolute atomic E-state index is 0.0929. The first kappa shape index (κ1) is 21.7. The molecule has 0 unspecified atom stereocenters. The van der Waals surface area contributed by atoms with Gasteiger partial charge in [0, 0.05) is 44.4 Å². The molecule has 0 bridgehead atoms. The number of benzene rings is 2. The van der Waals surface area contributed by atoms with E-state index in [1.165, 1.54) is 12.1 Å². The van der Waals surface area contributed by atoms with Gasteiger partial charge in [-0.25, -0.2) is 4.39 Å². The summed E-state index contributed by atoms with van der Waals surface area (Å²) < 4.78 is 18.3. The van der Waals surface area contributed by atoms with Gasteiger partial charge in [-0.1, -0.05) is 47.6 Å². The zero-order chi connectivity index (χ0) is 22.3. The predicted octanol–water partition coefficient (Wildman–Crippen LogP) is 2.95. The summed E-state index contributed by atoms with van der Waals surface area (Å²) >= 11 is 0. The van der Waals surface area contributed by atoms with E-state index >= 15 is 0 Å². The van der Waals surface area contributed by atoms with Crippen LogP contribution in [-0.2, 0) is 11.3 Å². The van der Waals surface area contributed by atoms with Crippen molar-refractivity contribution in [1.82, 2.24) is 20.3 Å². The summed E-state index contributed by atoms with van der Waals surface area (Å²) in [6.07, 6.45) is 0.838. The number of carbonyl (C=O) groups is 2. The molecule has 7 nitrogen and oxygen atoms in total. The highest BCUT2D eigenvalue weighted by molar-refractivity contribution is 5.95. The van der Waals surface area contributed by atoms with E-state index in [1.807, 2.05) is 30.3 Å². The van der Waals surface area contributed by atoms with Gasteiger partial charge in [-0.05, 0) is 24.1 Å². The average molecular weight is 436 g/mol. The van der Waals surface area contributed by atoms with E-state index in [0.29, 0.717) is 18.8 Å². The second-order valence-corrected chi connectivity index (χ2v) is 7.76. The Morgan fingerprint density at radius 3 is 2.56 bits per heavy atom. The lowest BCUT2D eigenvalue weighted by Crippen LogP contribution is -2.42. The Morgan fingerprint density at radius 1 is 1.00 bits per heavy atom. The van der Waals surface area contributed by atoms with E-state index < -0.39 is 5.91 Å². The van der Waals surface area contributed by atoms with Crippen molar-refractivity contribution in [3.8, 4) is 11.3 Å². The monoisotopic (exact) mass is 436 g/mol. The fourth-order valence-corrected chi connectivity index (χ4v) is 3.71. The van der Waals surface area contributed by atoms with Crippen LogP contribution in [0.25, 0.3) is 11.3 Å². The highest BCUT2D eigenvalue weighted by Crippen LogP contribution is 2.19. The Hall–Kier alpha value is -3.52. The zero-order valence-electron chi connectivity index (χ0n) is 17.7. The quantitative estimate of drug-likeness (QED) is 0.643. The SMILES string of the molecule is O=C(NCC(=O)N1CCCN(Cc2ccc(F)cc2)CC1)c1cc(-c2ccccc2)on1. The lowest BCUT2D eigenvalue weighted by Gasteiger charge is -2.22. The molecular weight excluding hydrogens is 411 g/mol. The lowest BCUT2D eigenvalue weighted by molar-refractivity contribution is -0.130. The van der Waals surface area contributed by atoms with Gasteiger partial charge in [0.05, 0.1) is 6.54 Å². The molecule has 0 spiro atoms. The van der Waals surface area contributed by atoms with Crippen molar-refractivity contribution in [3.05, 3.63) is 77.7 Å². The molecule has 1 aliphatic rings. The van der Waals surface area contributed by atoms with Crippen LogP contribution in [0, 0.1) is 5.82 Å². The van der Waals surface area contributed by atoms with Gasteiger partial charge >= 0.3 is 0 Å². The Morgan fingerprint density at radius 2 is 1.78 bits per heavy atom. The Labute approximate surface area is 185 Å². The maximum absolute atomic E-state index is 13.1. The second-order valence-electron chi connectivity index (χ2n) is 7.76. The van der Waals surface area contributed by atoms with Gasteiger partial charge in [0.15, 0.2) is 11.5 Å². The molecule has 8 heteroatoms. The minimum atomic E-state index is -0.447. The normalized spacial score (nSPS) is 14.7. The number of carbonyl (C=O) groups excluding carboxylic acids is 2. The molecule has 4 rings (SSSR count). The Balaban J connectivity index is 1.25. The van der Waals surface area contributed by atoms with Crippen molar-refractivity contribution in [3.63, 3.8) is 0 Å². The van der Waals surface area contributed by atoms with Crippen LogP contribution < -0.4 is 5.32 Å². The van der Waals surface area contributed by atoms with Crippen molar-refractivity contribution in [2.75, 3.05) is 32.7 Å². The molecule has 1 aliphatic heterocycles. The van der Waals surface area contributed by atoms with E-state index in [-0.39, 0.29) is 24.0 Å². The third-order valence-corrected chi connectivity index (χ3v) is 5.46. The third kappa shape index (κ3) is 5.59. The summed E-state index contributed by atoms with van der Waals surface area (Å²) in [6, 6.07) is 17.4. The number of hydrogen-bond acceptors (Lipinski definition) is 5. The Bertz CT molecular complexity index is 1050. The van der Waals surface area contributed by atoms with Crippen LogP contribution in [0.1, 0.15) is 22.5 Å². The van der Waals surface area contributed by atoms with E-state index in [2.05, 4.69) is 15.4 Å². The summed E-state index contributed by atoms with van der Waals surface area (Å²) in [5, 5.41) is 6.45. The van der Waals surface area contributed by atoms with Crippen LogP contribution in [0.5, 0.6) is 0 Å². The van der Waals surface area contributed by atoms with Crippen LogP contribution in [0.15, 0.2) is 65.2 Å². The molecule has 1 aromatic heterocycles. The van der Waals surface area contributed by atoms with Gasteiger partial charge in [-0.3, -0.25) is 14.5 Å². The molecule has 166 valence electrons. The van der Waals surface area contributed by atoms with Crippen molar-refractivity contribution >= 4 is 11.8 Å². The molecular formula is C24H25FN4O3. The molecule has 3 aromatic rings. The number of aromatic nitrogens is 1. The van der Waals surface area contributed by atoms with Gasteiger partial charge in [-0.15, -0.1) is 0 Å². The van der Waals surface area contributed by atoms with E-state index in [0.717, 1.165) is 37.2 Å². The first-order chi connectivity index (χ1) is 15.6. The smallest absolute Gasteiger partial charge is 0.273 e. The number of rotatable bonds is 6. The van der Waals surface area contributed by atoms with Gasteiger partial charge < -0.3 is 14.7 Å². The molecule has 32 heavy (non-hydrogen) atoms. The number of halogens is 1. The van der Waals surface area contributed by atoms with Crippen molar-refractivity contribution in [1.29, 1.82) is 0 Å². The average Bonchev–Trinajstić information content (AvgIpc) is 3.20. The second kappa shape index (κ2) is 10.2. The molecule has 0 radical (unpaired) electrons. The van der Waals surface area contributed by atoms with Crippen molar-refractivity contribution < 1.29 is 18.5 Å². The maximum atomic E-state index is 13.1. The fourth-order valence-electron chi connectivity index (χ4n) is 3.71. The summed E-state index contributed by atoms with van der Waals surface area (Å²) in [4.78, 5) is 29.0. The van der Waals surface area contributed by atoms with Crippen LogP contribution >= 0.6 is 0 Å². The highest BCUT2D eigenvalue weighted by Gasteiger charge is 2.21. The zero-order valence-corrected chi connectivity index (χ0v) is 17.7. The first-order valence-electron chi connectivity index (χ1n) is 10.6. The van der Waals surface area contributed by atoms with Gasteiger partial charge in [0.2, 0.25) is 5.91 Å². The molecule has 0 saturated carbocycles. The van der Waals surface area contributed by atoms with E-state index in [4.69, 9.17) is 4.52 Å². The first-order valence-corrected chi connectivity index (χ1v) is 10.6. The molecule has 0 aliphatic carbocycles. The maximum Gasteiger partial charge on any atom is 0.273 e. The van der Waals surface area contributed by atoms with Crippen LogP contribution in [0.2, 0.25) is 0 Å². The molecule has 2 aromatic carbocycles. The van der Waals surface area contributed by atoms with E-state index in [9.17, 15) is 14.0 Å². The minimum Gasteiger partial charge on any atom is -0.355 e. The Kier molecular flexibility index (Phi) is 6.91. The lowest BCUT2D eigenvalue weighted by atomic mass is 10.1. The van der Waals surface area contributed by atoms with Crippen LogP contribution in [0.4, 0.5) is 4.39 Å². The number of hydrogen-bond donors (Lipinski definition) is 1. The summed E-state index contributed by atoms with van der Waals surface area (Å²) in [7, 11) is 0. The number of amides is 2. The van der Waals surface area contributed by atoms with Crippen molar-refractivity contribution in [2.45, 2.75) is 13.0 Å². The highest BCUT2D eigenvalue weighted by atomic mass is 19.1. The van der Waals surface area contributed by atoms with Crippen LogP contribution in [0.3, 0.4) is 0 Å². The van der Waals surface area contributed by atoms with Gasteiger partial charge in [-0.2, -0.15) is 0 Å². The summed E-state index contributed by atoms with van der Waals surface area (Å²) in [5.41, 5.74) is 2.00. The van der Waals surface area contributed by atoms with Gasteiger partial charge in [0.25, 0.3) is 5.91 Å². The summed E-state index contributed by atoms with van der Waals surface area (Å²) in [6.45, 7) is 3.42. The number of nitrogens with one attached hydrogen (secondary N) is 1. The molecule has 0 atom stereocenters. The molecule has 2 amide bonds. The number of nitrogens with zero attached hydrogens (tertiary/aromatic N) is 3. The largest absolute Gasteiger partial charge is 0.355 e. The van der Waals surface area contributed by atoms with Gasteiger partial charge in [0.1, 0.15) is 5.82 Å². The molecule has 1 saturated heterocycles. The summed E-state index contributed by atoms with van der Waals surface area (Å²) in [5.74, 6) is -0.327. The van der Waals surface area contributed by atoms with E-state index in [1.54, 1.807) is 23.1 Å². The third-order valence-electron chi connectivity index (χ3n) is 5.46. The molecule has 2 heterocycles. The predicted molar refractivity (Wildman–Crippen MR) is 117 cm³/mol. The van der Waals surface area contributed by atoms with Crippen molar-refractivity contribution in [2.24, 2.45) is 0 Å². The molecule has 1 fully saturated rings.